The van der Waals surface area contributed by atoms with Gasteiger partial charge in [0, 0.05) is 10.9 Å². The standard InChI is InChI=1S/C21H20FNO/c1-4-13-24-21-19(15-9-11-16(22)12-10-15)17-7-5-6-8-18(17)23-20(21)14(2)3/h4-12,14H,1,13H2,2-3H3. The fourth-order valence-corrected chi connectivity index (χ4v) is 2.80. The largest absolute Gasteiger partial charge is 0.487 e. The van der Waals surface area contributed by atoms with Crippen LogP contribution in [0.5, 0.6) is 5.75 Å². The first-order chi connectivity index (χ1) is 11.6. The molecule has 0 bridgehead atoms. The van der Waals surface area contributed by atoms with Crippen molar-refractivity contribution in [3.8, 4) is 16.9 Å². The number of aromatic nitrogens is 1. The fourth-order valence-electron chi connectivity index (χ4n) is 2.80. The predicted octanol–water partition coefficient (Wildman–Crippen LogP) is 5.73. The lowest BCUT2D eigenvalue weighted by Gasteiger charge is -2.19. The van der Waals surface area contributed by atoms with Crippen molar-refractivity contribution in [2.24, 2.45) is 0 Å². The number of fused-ring (bicyclic) bond motifs is 1. The van der Waals surface area contributed by atoms with Crippen LogP contribution in [-0.4, -0.2) is 11.6 Å². The van der Waals surface area contributed by atoms with E-state index < -0.39 is 0 Å². The molecule has 0 saturated carbocycles. The Balaban J connectivity index is 2.36. The predicted molar refractivity (Wildman–Crippen MR) is 96.9 cm³/mol. The van der Waals surface area contributed by atoms with Gasteiger partial charge in [0.2, 0.25) is 0 Å². The lowest BCUT2D eigenvalue weighted by Crippen LogP contribution is -2.04. The van der Waals surface area contributed by atoms with Crippen LogP contribution in [0.1, 0.15) is 25.5 Å². The first-order valence-electron chi connectivity index (χ1n) is 8.04. The minimum absolute atomic E-state index is 0.202. The van der Waals surface area contributed by atoms with Crippen LogP contribution in [0.3, 0.4) is 0 Å². The van der Waals surface area contributed by atoms with E-state index in [0.717, 1.165) is 33.5 Å². The molecule has 24 heavy (non-hydrogen) atoms. The molecule has 0 amide bonds. The number of benzene rings is 2. The van der Waals surface area contributed by atoms with Gasteiger partial charge >= 0.3 is 0 Å². The number of para-hydroxylation sites is 1. The summed E-state index contributed by atoms with van der Waals surface area (Å²) in [5.41, 5.74) is 3.67. The van der Waals surface area contributed by atoms with Crippen molar-refractivity contribution in [3.63, 3.8) is 0 Å². The zero-order chi connectivity index (χ0) is 17.1. The van der Waals surface area contributed by atoms with E-state index >= 15 is 0 Å². The number of hydrogen-bond acceptors (Lipinski definition) is 2. The Morgan fingerprint density at radius 1 is 1.12 bits per heavy atom. The summed E-state index contributed by atoms with van der Waals surface area (Å²) < 4.78 is 19.4. The normalized spacial score (nSPS) is 11.0. The molecule has 2 nitrogen and oxygen atoms in total. The maximum Gasteiger partial charge on any atom is 0.149 e. The molecule has 1 heterocycles. The number of nitrogens with zero attached hydrogens (tertiary/aromatic N) is 1. The average Bonchev–Trinajstić information content (AvgIpc) is 2.59. The highest BCUT2D eigenvalue weighted by atomic mass is 19.1. The van der Waals surface area contributed by atoms with Crippen molar-refractivity contribution in [3.05, 3.63) is 72.7 Å². The Labute approximate surface area is 141 Å². The molecular formula is C21H20FNO. The molecule has 1 aromatic heterocycles. The van der Waals surface area contributed by atoms with E-state index in [1.807, 2.05) is 24.3 Å². The van der Waals surface area contributed by atoms with Crippen molar-refractivity contribution < 1.29 is 9.13 Å². The second kappa shape index (κ2) is 6.83. The van der Waals surface area contributed by atoms with E-state index in [1.54, 1.807) is 18.2 Å². The van der Waals surface area contributed by atoms with Gasteiger partial charge in [0.15, 0.2) is 0 Å². The smallest absolute Gasteiger partial charge is 0.149 e. The third kappa shape index (κ3) is 3.02. The molecule has 122 valence electrons. The molecule has 0 fully saturated rings. The Morgan fingerprint density at radius 2 is 1.83 bits per heavy atom. The molecule has 3 rings (SSSR count). The van der Waals surface area contributed by atoms with Crippen LogP contribution in [0, 0.1) is 5.82 Å². The van der Waals surface area contributed by atoms with Crippen molar-refractivity contribution in [2.45, 2.75) is 19.8 Å². The van der Waals surface area contributed by atoms with Gasteiger partial charge in [0.1, 0.15) is 18.2 Å². The third-order valence-corrected chi connectivity index (χ3v) is 3.90. The van der Waals surface area contributed by atoms with Crippen LogP contribution >= 0.6 is 0 Å². The Hall–Kier alpha value is -2.68. The van der Waals surface area contributed by atoms with Crippen molar-refractivity contribution in [1.82, 2.24) is 4.98 Å². The van der Waals surface area contributed by atoms with Gasteiger partial charge < -0.3 is 4.74 Å². The highest BCUT2D eigenvalue weighted by molar-refractivity contribution is 5.98. The van der Waals surface area contributed by atoms with Gasteiger partial charge in [-0.2, -0.15) is 0 Å². The highest BCUT2D eigenvalue weighted by Crippen LogP contribution is 2.41. The number of ether oxygens (including phenoxy) is 1. The second-order valence-electron chi connectivity index (χ2n) is 5.98. The maximum atomic E-state index is 13.4. The van der Waals surface area contributed by atoms with E-state index in [4.69, 9.17) is 9.72 Å². The fraction of sp³-hybridized carbons (Fsp3) is 0.190. The van der Waals surface area contributed by atoms with Crippen LogP contribution in [0.15, 0.2) is 61.2 Å². The van der Waals surface area contributed by atoms with E-state index in [9.17, 15) is 4.39 Å². The van der Waals surface area contributed by atoms with E-state index in [-0.39, 0.29) is 11.7 Å². The van der Waals surface area contributed by atoms with Gasteiger partial charge in [-0.3, -0.25) is 0 Å². The molecule has 0 unspecified atom stereocenters. The summed E-state index contributed by atoms with van der Waals surface area (Å²) in [6.45, 7) is 8.31. The molecule has 0 saturated heterocycles. The van der Waals surface area contributed by atoms with Crippen LogP contribution in [0.2, 0.25) is 0 Å². The Morgan fingerprint density at radius 3 is 2.50 bits per heavy atom. The molecule has 3 heteroatoms. The molecule has 0 radical (unpaired) electrons. The van der Waals surface area contributed by atoms with E-state index in [2.05, 4.69) is 20.4 Å². The van der Waals surface area contributed by atoms with Crippen LogP contribution in [0.4, 0.5) is 4.39 Å². The summed E-state index contributed by atoms with van der Waals surface area (Å²) >= 11 is 0. The zero-order valence-electron chi connectivity index (χ0n) is 13.9. The topological polar surface area (TPSA) is 22.1 Å². The van der Waals surface area contributed by atoms with Gasteiger partial charge in [-0.05, 0) is 29.7 Å². The molecule has 0 N–H and O–H groups in total. The van der Waals surface area contributed by atoms with Gasteiger partial charge in [0.05, 0.1) is 11.2 Å². The van der Waals surface area contributed by atoms with Crippen molar-refractivity contribution in [2.75, 3.05) is 6.61 Å². The summed E-state index contributed by atoms with van der Waals surface area (Å²) in [5, 5.41) is 0.993. The first-order valence-corrected chi connectivity index (χ1v) is 8.04. The maximum absolute atomic E-state index is 13.4. The molecule has 0 atom stereocenters. The molecule has 2 aromatic carbocycles. The van der Waals surface area contributed by atoms with Crippen LogP contribution in [-0.2, 0) is 0 Å². The third-order valence-electron chi connectivity index (χ3n) is 3.90. The highest BCUT2D eigenvalue weighted by Gasteiger charge is 2.19. The molecule has 0 aliphatic rings. The molecule has 3 aromatic rings. The van der Waals surface area contributed by atoms with Gasteiger partial charge in [-0.1, -0.05) is 56.8 Å². The SMILES string of the molecule is C=CCOc1c(C(C)C)nc2ccccc2c1-c1ccc(F)cc1. The summed E-state index contributed by atoms with van der Waals surface area (Å²) in [5.74, 6) is 0.693. The molecule has 0 aliphatic heterocycles. The van der Waals surface area contributed by atoms with Crippen molar-refractivity contribution in [1.29, 1.82) is 0 Å². The lowest BCUT2D eigenvalue weighted by atomic mass is 9.96. The molecular weight excluding hydrogens is 301 g/mol. The average molecular weight is 321 g/mol. The first kappa shape index (κ1) is 16.2. The number of halogens is 1. The summed E-state index contributed by atoms with van der Waals surface area (Å²) in [4.78, 5) is 4.80. The number of hydrogen-bond donors (Lipinski definition) is 0. The molecule has 0 aliphatic carbocycles. The Bertz CT molecular complexity index is 869. The summed E-state index contributed by atoms with van der Waals surface area (Å²) in [7, 11) is 0. The number of rotatable bonds is 5. The van der Waals surface area contributed by atoms with E-state index in [1.165, 1.54) is 12.1 Å². The summed E-state index contributed by atoms with van der Waals surface area (Å²) in [6.07, 6.45) is 1.72. The number of pyridine rings is 1. The van der Waals surface area contributed by atoms with Crippen LogP contribution < -0.4 is 4.74 Å². The molecule has 0 spiro atoms. The Kier molecular flexibility index (Phi) is 4.61. The summed E-state index contributed by atoms with van der Waals surface area (Å²) in [6, 6.07) is 14.5. The minimum Gasteiger partial charge on any atom is -0.487 e. The lowest BCUT2D eigenvalue weighted by molar-refractivity contribution is 0.357. The van der Waals surface area contributed by atoms with Gasteiger partial charge in [-0.15, -0.1) is 0 Å². The van der Waals surface area contributed by atoms with Crippen molar-refractivity contribution >= 4 is 10.9 Å². The van der Waals surface area contributed by atoms with E-state index in [0.29, 0.717) is 6.61 Å². The minimum atomic E-state index is -0.255. The van der Waals surface area contributed by atoms with Gasteiger partial charge in [-0.25, -0.2) is 9.37 Å². The quantitative estimate of drug-likeness (QED) is 0.560. The zero-order valence-corrected chi connectivity index (χ0v) is 13.9. The monoisotopic (exact) mass is 321 g/mol. The second-order valence-corrected chi connectivity index (χ2v) is 5.98. The van der Waals surface area contributed by atoms with Crippen LogP contribution in [0.25, 0.3) is 22.0 Å². The van der Waals surface area contributed by atoms with Gasteiger partial charge in [0.25, 0.3) is 0 Å².